The number of H-pyrrole nitrogens is 1. The molecule has 2 unspecified atom stereocenters. The topological polar surface area (TPSA) is 131 Å². The number of nitrogens with one attached hydrogen (secondary N) is 1. The van der Waals surface area contributed by atoms with Gasteiger partial charge >= 0.3 is 5.69 Å². The summed E-state index contributed by atoms with van der Waals surface area (Å²) in [6, 6.07) is 1.18. The third-order valence-corrected chi connectivity index (χ3v) is 3.08. The lowest BCUT2D eigenvalue weighted by Crippen LogP contribution is -2.37. The molecule has 8 heteroatoms. The van der Waals surface area contributed by atoms with Crippen LogP contribution >= 0.6 is 0 Å². The van der Waals surface area contributed by atoms with Crippen LogP contribution in [0.15, 0.2) is 21.9 Å². The number of ether oxygens (including phenoxy) is 1. The van der Waals surface area contributed by atoms with E-state index in [1.165, 1.54) is 12.3 Å². The fourth-order valence-electron chi connectivity index (χ4n) is 2.11. The maximum Gasteiger partial charge on any atom is 0.330 e. The number of nitrogens with zero attached hydrogens (tertiary/aromatic N) is 1. The van der Waals surface area contributed by atoms with Crippen LogP contribution in [-0.2, 0) is 4.74 Å². The van der Waals surface area contributed by atoms with E-state index in [0.717, 1.165) is 4.57 Å². The Balaban J connectivity index is 2.38. The molecule has 0 aromatic carbocycles. The summed E-state index contributed by atoms with van der Waals surface area (Å²) in [7, 11) is 0. The molecule has 1 aliphatic rings. The van der Waals surface area contributed by atoms with Crippen LogP contribution in [0.25, 0.3) is 0 Å². The van der Waals surface area contributed by atoms with Crippen molar-refractivity contribution in [2.24, 2.45) is 11.7 Å². The summed E-state index contributed by atoms with van der Waals surface area (Å²) in [5.41, 5.74) is 4.38. The van der Waals surface area contributed by atoms with Crippen LogP contribution in [0.4, 0.5) is 0 Å². The van der Waals surface area contributed by atoms with E-state index in [0.29, 0.717) is 0 Å². The molecular formula is C10H15N3O5. The lowest BCUT2D eigenvalue weighted by atomic mass is 10.00. The summed E-state index contributed by atoms with van der Waals surface area (Å²) in [4.78, 5) is 24.7. The summed E-state index contributed by atoms with van der Waals surface area (Å²) in [6.45, 7) is -0.278. The Labute approximate surface area is 102 Å². The monoisotopic (exact) mass is 257 g/mol. The maximum absolute atomic E-state index is 11.6. The first-order chi connectivity index (χ1) is 8.58. The Morgan fingerprint density at radius 3 is 2.78 bits per heavy atom. The van der Waals surface area contributed by atoms with E-state index in [-0.39, 0.29) is 13.2 Å². The molecule has 2 heterocycles. The zero-order valence-electron chi connectivity index (χ0n) is 9.52. The third-order valence-electron chi connectivity index (χ3n) is 3.08. The van der Waals surface area contributed by atoms with Gasteiger partial charge in [0.25, 0.3) is 5.56 Å². The molecule has 4 atom stereocenters. The molecule has 1 aromatic heterocycles. The van der Waals surface area contributed by atoms with E-state index in [9.17, 15) is 14.7 Å². The molecule has 18 heavy (non-hydrogen) atoms. The Hall–Kier alpha value is -1.48. The highest BCUT2D eigenvalue weighted by Crippen LogP contribution is 2.32. The van der Waals surface area contributed by atoms with Crippen LogP contribution in [-0.4, -0.2) is 45.1 Å². The number of rotatable bonds is 3. The van der Waals surface area contributed by atoms with E-state index >= 15 is 0 Å². The Bertz CT molecular complexity index is 525. The van der Waals surface area contributed by atoms with Gasteiger partial charge in [0.1, 0.15) is 12.3 Å². The van der Waals surface area contributed by atoms with Crippen molar-refractivity contribution >= 4 is 0 Å². The number of hydrogen-bond acceptors (Lipinski definition) is 6. The van der Waals surface area contributed by atoms with Gasteiger partial charge in [0.2, 0.25) is 0 Å². The van der Waals surface area contributed by atoms with Gasteiger partial charge in [-0.05, 0) is 0 Å². The molecule has 1 aliphatic heterocycles. The van der Waals surface area contributed by atoms with Crippen LogP contribution in [0.2, 0.25) is 0 Å². The summed E-state index contributed by atoms with van der Waals surface area (Å²) in [5.74, 6) is -0.522. The molecule has 100 valence electrons. The zero-order valence-corrected chi connectivity index (χ0v) is 9.52. The van der Waals surface area contributed by atoms with Gasteiger partial charge in [-0.25, -0.2) is 4.79 Å². The summed E-state index contributed by atoms with van der Waals surface area (Å²) in [6.07, 6.45) is -1.27. The third kappa shape index (κ3) is 2.10. The Morgan fingerprint density at radius 2 is 2.22 bits per heavy atom. The van der Waals surface area contributed by atoms with Crippen molar-refractivity contribution < 1.29 is 14.9 Å². The van der Waals surface area contributed by atoms with Gasteiger partial charge in [-0.15, -0.1) is 0 Å². The van der Waals surface area contributed by atoms with Crippen LogP contribution in [0, 0.1) is 5.92 Å². The molecular weight excluding hydrogens is 242 g/mol. The molecule has 0 spiro atoms. The van der Waals surface area contributed by atoms with E-state index < -0.39 is 35.6 Å². The normalized spacial score (nSPS) is 31.7. The SMILES string of the molecule is NCC1C(O)[C@H](CO)O[C@@H]1n1ccc(=O)[nH]c1=O. The largest absolute Gasteiger partial charge is 0.394 e. The Kier molecular flexibility index (Phi) is 3.62. The maximum atomic E-state index is 11.6. The minimum atomic E-state index is -0.955. The first-order valence-electron chi connectivity index (χ1n) is 5.54. The standard InChI is InChI=1S/C10H15N3O5/c11-3-5-8(16)6(4-14)18-9(5)13-2-1-7(15)12-10(13)17/h1-2,5-6,8-9,14,16H,3-4,11H2,(H,12,15,17)/t5?,6-,8?,9-/m0/s1. The van der Waals surface area contributed by atoms with E-state index in [1.807, 2.05) is 0 Å². The number of aromatic amines is 1. The smallest absolute Gasteiger partial charge is 0.330 e. The van der Waals surface area contributed by atoms with Crippen molar-refractivity contribution in [3.63, 3.8) is 0 Å². The average molecular weight is 257 g/mol. The van der Waals surface area contributed by atoms with Crippen LogP contribution in [0.1, 0.15) is 6.23 Å². The van der Waals surface area contributed by atoms with Crippen LogP contribution in [0.5, 0.6) is 0 Å². The molecule has 1 aromatic rings. The molecule has 2 rings (SSSR count). The van der Waals surface area contributed by atoms with Gasteiger partial charge in [0.05, 0.1) is 12.7 Å². The lowest BCUT2D eigenvalue weighted by molar-refractivity contribution is -0.0479. The first kappa shape index (κ1) is 13.0. The van der Waals surface area contributed by atoms with E-state index in [2.05, 4.69) is 4.98 Å². The molecule has 0 amide bonds. The highest BCUT2D eigenvalue weighted by Gasteiger charge is 2.43. The molecule has 0 aliphatic carbocycles. The highest BCUT2D eigenvalue weighted by atomic mass is 16.5. The van der Waals surface area contributed by atoms with Crippen LogP contribution < -0.4 is 17.0 Å². The second-order valence-corrected chi connectivity index (χ2v) is 4.16. The van der Waals surface area contributed by atoms with Crippen molar-refractivity contribution in [2.45, 2.75) is 18.4 Å². The number of aliphatic hydroxyl groups is 2. The summed E-state index contributed by atoms with van der Waals surface area (Å²) >= 11 is 0. The molecule has 0 bridgehead atoms. The fourth-order valence-corrected chi connectivity index (χ4v) is 2.11. The lowest BCUT2D eigenvalue weighted by Gasteiger charge is -2.19. The summed E-state index contributed by atoms with van der Waals surface area (Å²) < 4.78 is 6.54. The van der Waals surface area contributed by atoms with Gasteiger partial charge < -0.3 is 20.7 Å². The van der Waals surface area contributed by atoms with Gasteiger partial charge in [-0.1, -0.05) is 0 Å². The molecule has 1 saturated heterocycles. The van der Waals surface area contributed by atoms with Crippen LogP contribution in [0.3, 0.4) is 0 Å². The second-order valence-electron chi connectivity index (χ2n) is 4.16. The average Bonchev–Trinajstić information content (AvgIpc) is 2.65. The minimum Gasteiger partial charge on any atom is -0.394 e. The molecule has 0 radical (unpaired) electrons. The number of aliphatic hydroxyl groups excluding tert-OH is 2. The van der Waals surface area contributed by atoms with E-state index in [4.69, 9.17) is 15.6 Å². The minimum absolute atomic E-state index is 0.0912. The molecule has 0 saturated carbocycles. The zero-order chi connectivity index (χ0) is 13.3. The van der Waals surface area contributed by atoms with Gasteiger partial charge in [0.15, 0.2) is 0 Å². The fraction of sp³-hybridized carbons (Fsp3) is 0.600. The Morgan fingerprint density at radius 1 is 1.50 bits per heavy atom. The van der Waals surface area contributed by atoms with Crippen molar-refractivity contribution in [3.8, 4) is 0 Å². The molecule has 8 nitrogen and oxygen atoms in total. The van der Waals surface area contributed by atoms with Gasteiger partial charge in [-0.2, -0.15) is 0 Å². The van der Waals surface area contributed by atoms with Crippen molar-refractivity contribution in [1.82, 2.24) is 9.55 Å². The number of aromatic nitrogens is 2. The number of hydrogen-bond donors (Lipinski definition) is 4. The van der Waals surface area contributed by atoms with Crippen molar-refractivity contribution in [3.05, 3.63) is 33.1 Å². The number of nitrogens with two attached hydrogens (primary N) is 1. The van der Waals surface area contributed by atoms with E-state index in [1.54, 1.807) is 0 Å². The van der Waals surface area contributed by atoms with Crippen molar-refractivity contribution in [1.29, 1.82) is 0 Å². The summed E-state index contributed by atoms with van der Waals surface area (Å²) in [5, 5.41) is 18.9. The predicted octanol–water partition coefficient (Wildman–Crippen LogP) is -2.64. The second kappa shape index (κ2) is 5.02. The van der Waals surface area contributed by atoms with Crippen molar-refractivity contribution in [2.75, 3.05) is 13.2 Å². The first-order valence-corrected chi connectivity index (χ1v) is 5.54. The predicted molar refractivity (Wildman–Crippen MR) is 60.9 cm³/mol. The van der Waals surface area contributed by atoms with Gasteiger partial charge in [0, 0.05) is 24.7 Å². The molecule has 5 N–H and O–H groups in total. The molecule has 1 fully saturated rings. The highest BCUT2D eigenvalue weighted by molar-refractivity contribution is 4.93. The van der Waals surface area contributed by atoms with Gasteiger partial charge in [-0.3, -0.25) is 14.3 Å². The quantitative estimate of drug-likeness (QED) is 0.468.